The molecule has 3 nitrogen and oxygen atoms in total. The number of aromatic nitrogens is 1. The Morgan fingerprint density at radius 2 is 2.06 bits per heavy atom. The van der Waals surface area contributed by atoms with E-state index in [4.69, 9.17) is 10.5 Å². The van der Waals surface area contributed by atoms with Crippen LogP contribution in [0.25, 0.3) is 0 Å². The molecule has 2 rings (SSSR count). The maximum Gasteiger partial charge on any atom is 0.275 e. The molecule has 0 atom stereocenters. The molecule has 16 heavy (non-hydrogen) atoms. The zero-order chi connectivity index (χ0) is 11.2. The summed E-state index contributed by atoms with van der Waals surface area (Å²) in [5.74, 6) is 0. The Morgan fingerprint density at radius 1 is 1.25 bits per heavy atom. The molecule has 0 aliphatic carbocycles. The number of thiazole rings is 1. The number of ether oxygens (including phenoxy) is 1. The first-order valence-electron chi connectivity index (χ1n) is 5.22. The molecule has 0 spiro atoms. The standard InChI is InChI=1S/C12H14N2OS/c13-11-9-14-12(16-11)15-8-4-7-10-5-2-1-3-6-10/h1-3,5-6,9H,4,7-8,13H2. The summed E-state index contributed by atoms with van der Waals surface area (Å²) < 4.78 is 5.48. The van der Waals surface area contributed by atoms with Crippen molar-refractivity contribution in [3.8, 4) is 5.19 Å². The van der Waals surface area contributed by atoms with Crippen LogP contribution in [0.4, 0.5) is 5.00 Å². The second-order valence-electron chi connectivity index (χ2n) is 3.47. The normalized spacial score (nSPS) is 10.2. The van der Waals surface area contributed by atoms with Crippen molar-refractivity contribution in [2.45, 2.75) is 12.8 Å². The highest BCUT2D eigenvalue weighted by atomic mass is 32.1. The van der Waals surface area contributed by atoms with Crippen LogP contribution in [0.2, 0.25) is 0 Å². The van der Waals surface area contributed by atoms with Crippen LogP contribution in [0.15, 0.2) is 36.5 Å². The quantitative estimate of drug-likeness (QED) is 0.809. The smallest absolute Gasteiger partial charge is 0.275 e. The van der Waals surface area contributed by atoms with Crippen LogP contribution in [0.3, 0.4) is 0 Å². The molecule has 2 aromatic rings. The van der Waals surface area contributed by atoms with Crippen molar-refractivity contribution in [1.29, 1.82) is 0 Å². The van der Waals surface area contributed by atoms with Crippen LogP contribution in [-0.2, 0) is 6.42 Å². The number of anilines is 1. The third-order valence-electron chi connectivity index (χ3n) is 2.18. The van der Waals surface area contributed by atoms with E-state index in [9.17, 15) is 0 Å². The zero-order valence-electron chi connectivity index (χ0n) is 8.93. The molecule has 0 saturated carbocycles. The van der Waals surface area contributed by atoms with E-state index in [1.807, 2.05) is 6.07 Å². The van der Waals surface area contributed by atoms with Gasteiger partial charge in [-0.3, -0.25) is 0 Å². The van der Waals surface area contributed by atoms with E-state index in [0.717, 1.165) is 12.8 Å². The van der Waals surface area contributed by atoms with Crippen molar-refractivity contribution in [1.82, 2.24) is 4.98 Å². The molecular formula is C12H14N2OS. The summed E-state index contributed by atoms with van der Waals surface area (Å²) in [5, 5.41) is 1.35. The van der Waals surface area contributed by atoms with E-state index < -0.39 is 0 Å². The predicted octanol–water partition coefficient (Wildman–Crippen LogP) is 2.74. The predicted molar refractivity (Wildman–Crippen MR) is 66.8 cm³/mol. The van der Waals surface area contributed by atoms with Crippen LogP contribution >= 0.6 is 11.3 Å². The highest BCUT2D eigenvalue weighted by Crippen LogP contribution is 2.22. The molecule has 1 aromatic heterocycles. The van der Waals surface area contributed by atoms with Gasteiger partial charge in [0.25, 0.3) is 5.19 Å². The number of nitrogens with two attached hydrogens (primary N) is 1. The minimum Gasteiger partial charge on any atom is -0.470 e. The number of aryl methyl sites for hydroxylation is 1. The minimum absolute atomic E-state index is 0.658. The Hall–Kier alpha value is -1.55. The summed E-state index contributed by atoms with van der Waals surface area (Å²) in [6.45, 7) is 0.682. The molecular weight excluding hydrogens is 220 g/mol. The maximum absolute atomic E-state index is 5.55. The van der Waals surface area contributed by atoms with Crippen LogP contribution < -0.4 is 10.5 Å². The van der Waals surface area contributed by atoms with Gasteiger partial charge in [0.05, 0.1) is 12.8 Å². The molecule has 0 radical (unpaired) electrons. The molecule has 0 saturated heterocycles. The van der Waals surface area contributed by atoms with E-state index >= 15 is 0 Å². The lowest BCUT2D eigenvalue weighted by Gasteiger charge is -2.02. The number of rotatable bonds is 5. The highest BCUT2D eigenvalue weighted by Gasteiger charge is 1.99. The fourth-order valence-corrected chi connectivity index (χ4v) is 1.97. The van der Waals surface area contributed by atoms with Crippen molar-refractivity contribution in [3.63, 3.8) is 0 Å². The molecule has 1 heterocycles. The van der Waals surface area contributed by atoms with Gasteiger partial charge in [-0.1, -0.05) is 41.7 Å². The maximum atomic E-state index is 5.55. The minimum atomic E-state index is 0.658. The fraction of sp³-hybridized carbons (Fsp3) is 0.250. The lowest BCUT2D eigenvalue weighted by Crippen LogP contribution is -1.98. The molecule has 1 aromatic carbocycles. The van der Waals surface area contributed by atoms with Crippen LogP contribution in [0, 0.1) is 0 Å². The van der Waals surface area contributed by atoms with Gasteiger partial charge in [0.15, 0.2) is 0 Å². The van der Waals surface area contributed by atoms with Crippen LogP contribution in [0.1, 0.15) is 12.0 Å². The average molecular weight is 234 g/mol. The van der Waals surface area contributed by atoms with E-state index in [-0.39, 0.29) is 0 Å². The third-order valence-corrected chi connectivity index (χ3v) is 2.92. The highest BCUT2D eigenvalue weighted by molar-refractivity contribution is 7.17. The first-order valence-corrected chi connectivity index (χ1v) is 6.04. The molecule has 0 unspecified atom stereocenters. The van der Waals surface area contributed by atoms with Crippen molar-refractivity contribution >= 4 is 16.3 Å². The van der Waals surface area contributed by atoms with Gasteiger partial charge in [-0.25, -0.2) is 4.98 Å². The Kier molecular flexibility index (Phi) is 3.77. The molecule has 4 heteroatoms. The summed E-state index contributed by atoms with van der Waals surface area (Å²) in [6, 6.07) is 10.4. The summed E-state index contributed by atoms with van der Waals surface area (Å²) in [4.78, 5) is 4.03. The summed E-state index contributed by atoms with van der Waals surface area (Å²) in [7, 11) is 0. The van der Waals surface area contributed by atoms with Gasteiger partial charge in [0, 0.05) is 0 Å². The van der Waals surface area contributed by atoms with Gasteiger partial charge < -0.3 is 10.5 Å². The van der Waals surface area contributed by atoms with Crippen LogP contribution in [0.5, 0.6) is 5.19 Å². The lowest BCUT2D eigenvalue weighted by molar-refractivity contribution is 0.309. The topological polar surface area (TPSA) is 48.1 Å². The third kappa shape index (κ3) is 3.24. The van der Waals surface area contributed by atoms with E-state index in [1.165, 1.54) is 16.9 Å². The Balaban J connectivity index is 1.69. The first kappa shape index (κ1) is 11.0. The monoisotopic (exact) mass is 234 g/mol. The van der Waals surface area contributed by atoms with Gasteiger partial charge in [-0.15, -0.1) is 0 Å². The van der Waals surface area contributed by atoms with Gasteiger partial charge in [-0.2, -0.15) is 0 Å². The molecule has 0 bridgehead atoms. The second-order valence-corrected chi connectivity index (χ2v) is 4.49. The van der Waals surface area contributed by atoms with Crippen molar-refractivity contribution in [2.75, 3.05) is 12.3 Å². The lowest BCUT2D eigenvalue weighted by atomic mass is 10.1. The summed E-state index contributed by atoms with van der Waals surface area (Å²) in [5.41, 5.74) is 6.89. The van der Waals surface area contributed by atoms with E-state index in [2.05, 4.69) is 29.2 Å². The number of nitrogens with zero attached hydrogens (tertiary/aromatic N) is 1. The Labute approximate surface area is 98.9 Å². The van der Waals surface area contributed by atoms with Crippen molar-refractivity contribution < 1.29 is 4.74 Å². The van der Waals surface area contributed by atoms with Crippen molar-refractivity contribution in [3.05, 3.63) is 42.1 Å². The number of nitrogen functional groups attached to an aromatic ring is 1. The van der Waals surface area contributed by atoms with Gasteiger partial charge in [-0.05, 0) is 18.4 Å². The number of benzene rings is 1. The number of hydrogen-bond donors (Lipinski definition) is 1. The molecule has 2 N–H and O–H groups in total. The molecule has 0 aliphatic rings. The van der Waals surface area contributed by atoms with Gasteiger partial charge in [0.2, 0.25) is 0 Å². The fourth-order valence-electron chi connectivity index (χ4n) is 1.42. The molecule has 84 valence electrons. The summed E-state index contributed by atoms with van der Waals surface area (Å²) >= 11 is 1.38. The number of hydrogen-bond acceptors (Lipinski definition) is 4. The largest absolute Gasteiger partial charge is 0.470 e. The van der Waals surface area contributed by atoms with E-state index in [1.54, 1.807) is 6.20 Å². The van der Waals surface area contributed by atoms with Crippen LogP contribution in [-0.4, -0.2) is 11.6 Å². The Bertz CT molecular complexity index is 428. The second kappa shape index (κ2) is 5.51. The zero-order valence-corrected chi connectivity index (χ0v) is 9.74. The Morgan fingerprint density at radius 3 is 2.75 bits per heavy atom. The van der Waals surface area contributed by atoms with E-state index in [0.29, 0.717) is 16.8 Å². The molecule has 0 amide bonds. The first-order chi connectivity index (χ1) is 7.84. The van der Waals surface area contributed by atoms with Gasteiger partial charge >= 0.3 is 0 Å². The SMILES string of the molecule is Nc1cnc(OCCCc2ccccc2)s1. The molecule has 0 fully saturated rings. The average Bonchev–Trinajstić information content (AvgIpc) is 2.72. The van der Waals surface area contributed by atoms with Gasteiger partial charge in [0.1, 0.15) is 5.00 Å². The van der Waals surface area contributed by atoms with Crippen molar-refractivity contribution in [2.24, 2.45) is 0 Å². The molecule has 0 aliphatic heterocycles. The summed E-state index contributed by atoms with van der Waals surface area (Å²) in [6.07, 6.45) is 3.64.